The van der Waals surface area contributed by atoms with Gasteiger partial charge in [0.2, 0.25) is 0 Å². The van der Waals surface area contributed by atoms with Gasteiger partial charge in [0, 0.05) is 6.07 Å². The van der Waals surface area contributed by atoms with Crippen molar-refractivity contribution in [3.8, 4) is 5.75 Å². The highest BCUT2D eigenvalue weighted by Crippen LogP contribution is 2.11. The molecule has 0 unspecified atom stereocenters. The molecule has 3 nitrogen and oxygen atoms in total. The lowest BCUT2D eigenvalue weighted by Gasteiger charge is -1.96. The van der Waals surface area contributed by atoms with E-state index in [1.165, 1.54) is 0 Å². The van der Waals surface area contributed by atoms with Crippen molar-refractivity contribution < 1.29 is 9.85 Å². The average Bonchev–Trinajstić information content (AvgIpc) is 2.05. The number of benzene rings is 1. The molecule has 0 aliphatic rings. The molecule has 0 aliphatic heterocycles. The number of rotatable bonds is 2. The topological polar surface area (TPSA) is 45.5 Å². The van der Waals surface area contributed by atoms with Crippen LogP contribution in [-0.4, -0.2) is 7.11 Å². The third-order valence-corrected chi connectivity index (χ3v) is 1.20. The van der Waals surface area contributed by atoms with Crippen molar-refractivity contribution in [2.24, 2.45) is 0 Å². The van der Waals surface area contributed by atoms with Gasteiger partial charge >= 0.3 is 0 Å². The van der Waals surface area contributed by atoms with E-state index in [1.807, 2.05) is 5.11 Å². The Bertz CT molecular complexity index is 235. The third kappa shape index (κ3) is 1.31. The first-order valence-electron chi connectivity index (χ1n) is 2.91. The second-order valence-electron chi connectivity index (χ2n) is 1.84. The molecule has 0 fully saturated rings. The van der Waals surface area contributed by atoms with Gasteiger partial charge in [-0.1, -0.05) is 6.07 Å². The van der Waals surface area contributed by atoms with Crippen LogP contribution in [0.15, 0.2) is 24.3 Å². The predicted molar refractivity (Wildman–Crippen MR) is 37.0 cm³/mol. The minimum Gasteiger partial charge on any atom is -0.502 e. The third-order valence-electron chi connectivity index (χ3n) is 1.20. The van der Waals surface area contributed by atoms with Crippen LogP contribution >= 0.6 is 0 Å². The molecule has 3 heteroatoms. The normalized spacial score (nSPS) is 8.90. The first kappa shape index (κ1) is 6.74. The van der Waals surface area contributed by atoms with Crippen molar-refractivity contribution in [3.63, 3.8) is 0 Å². The molecule has 0 aromatic heterocycles. The van der Waals surface area contributed by atoms with Crippen LogP contribution in [0.2, 0.25) is 0 Å². The quantitative estimate of drug-likeness (QED) is 0.589. The molecule has 52 valence electrons. The lowest BCUT2D eigenvalue weighted by Crippen LogP contribution is -2.54. The minimum absolute atomic E-state index is 0.624. The van der Waals surface area contributed by atoms with Crippen LogP contribution < -0.4 is 9.85 Å². The lowest BCUT2D eigenvalue weighted by atomic mass is 10.3. The van der Waals surface area contributed by atoms with Gasteiger partial charge in [0.05, 0.1) is 13.2 Å². The largest absolute Gasteiger partial charge is 0.502 e. The van der Waals surface area contributed by atoms with Gasteiger partial charge in [-0.3, -0.25) is 5.11 Å². The first-order valence-corrected chi connectivity index (χ1v) is 2.91. The Hall–Kier alpha value is -1.38. The number of hydrogen-bond donors (Lipinski definition) is 1. The Morgan fingerprint density at radius 3 is 2.90 bits per heavy atom. The van der Waals surface area contributed by atoms with Gasteiger partial charge in [-0.05, 0) is 6.07 Å². The van der Waals surface area contributed by atoms with Crippen molar-refractivity contribution in [3.05, 3.63) is 29.8 Å². The molecule has 0 aliphatic carbocycles. The van der Waals surface area contributed by atoms with E-state index in [9.17, 15) is 0 Å². The van der Waals surface area contributed by atoms with Gasteiger partial charge in [0.15, 0.2) is 5.69 Å². The molecule has 0 bridgehead atoms. The molecule has 0 radical (unpaired) electrons. The van der Waals surface area contributed by atoms with Crippen LogP contribution in [0.4, 0.5) is 5.69 Å². The van der Waals surface area contributed by atoms with Gasteiger partial charge in [0.25, 0.3) is 0 Å². The van der Waals surface area contributed by atoms with Crippen molar-refractivity contribution in [2.75, 3.05) is 7.11 Å². The monoisotopic (exact) mass is 136 g/mol. The molecule has 0 amide bonds. The molecule has 0 saturated carbocycles. The molecule has 0 atom stereocenters. The summed E-state index contributed by atoms with van der Waals surface area (Å²) < 4.78 is 4.91. The SMILES string of the molecule is COc1cccc([NH+]=[N-])c1. The minimum atomic E-state index is 0.624. The molecule has 1 rings (SSSR count). The highest BCUT2D eigenvalue weighted by molar-refractivity contribution is 5.36. The van der Waals surface area contributed by atoms with Crippen molar-refractivity contribution in [1.82, 2.24) is 0 Å². The summed E-state index contributed by atoms with van der Waals surface area (Å²) in [6.45, 7) is 0. The zero-order valence-electron chi connectivity index (χ0n) is 5.66. The van der Waals surface area contributed by atoms with E-state index < -0.39 is 0 Å². The first-order chi connectivity index (χ1) is 4.86. The number of ether oxygens (including phenoxy) is 1. The summed E-state index contributed by atoms with van der Waals surface area (Å²) in [6.07, 6.45) is 0. The fraction of sp³-hybridized carbons (Fsp3) is 0.143. The molecule has 0 heterocycles. The van der Waals surface area contributed by atoms with Crippen molar-refractivity contribution in [1.29, 1.82) is 0 Å². The summed E-state index contributed by atoms with van der Waals surface area (Å²) in [5.74, 6) is 0.721. The predicted octanol–water partition coefficient (Wildman–Crippen LogP) is 0.429. The Morgan fingerprint density at radius 1 is 1.50 bits per heavy atom. The van der Waals surface area contributed by atoms with E-state index >= 15 is 0 Å². The Labute approximate surface area is 59.1 Å². The summed E-state index contributed by atoms with van der Waals surface area (Å²) in [6, 6.07) is 7.03. The smallest absolute Gasteiger partial charge is 0.196 e. The highest BCUT2D eigenvalue weighted by atomic mass is 16.5. The van der Waals surface area contributed by atoms with E-state index in [2.05, 4.69) is 0 Å². The fourth-order valence-corrected chi connectivity index (χ4v) is 0.693. The summed E-state index contributed by atoms with van der Waals surface area (Å²) >= 11 is 0. The van der Waals surface area contributed by atoms with Crippen LogP contribution in [0.3, 0.4) is 0 Å². The van der Waals surface area contributed by atoms with Gasteiger partial charge in [-0.25, -0.2) is 0 Å². The van der Waals surface area contributed by atoms with Crippen LogP contribution in [0.5, 0.6) is 5.75 Å². The molecule has 0 spiro atoms. The average molecular weight is 136 g/mol. The maximum atomic E-state index is 8.45. The van der Waals surface area contributed by atoms with E-state index in [1.54, 1.807) is 31.4 Å². The van der Waals surface area contributed by atoms with Crippen LogP contribution in [-0.2, 0) is 0 Å². The van der Waals surface area contributed by atoms with E-state index in [-0.39, 0.29) is 0 Å². The maximum absolute atomic E-state index is 8.45. The van der Waals surface area contributed by atoms with Crippen molar-refractivity contribution in [2.45, 2.75) is 0 Å². The molecular formula is C7H8N2O. The standard InChI is InChI=1S/C7H8N2O/c1-10-7-4-2-3-6(5-7)9-8/h2-5,9H,1H3. The number of nitrogens with zero attached hydrogens (tertiary/aromatic N) is 1. The molecule has 1 aromatic rings. The van der Waals surface area contributed by atoms with E-state index in [4.69, 9.17) is 10.3 Å². The van der Waals surface area contributed by atoms with Crippen LogP contribution in [0.1, 0.15) is 0 Å². The Morgan fingerprint density at radius 2 is 2.30 bits per heavy atom. The molecule has 1 N–H and O–H groups in total. The van der Waals surface area contributed by atoms with Crippen molar-refractivity contribution >= 4 is 5.69 Å². The van der Waals surface area contributed by atoms with E-state index in [0.29, 0.717) is 5.69 Å². The summed E-state index contributed by atoms with van der Waals surface area (Å²) in [4.78, 5) is 0. The summed E-state index contributed by atoms with van der Waals surface area (Å²) in [5.41, 5.74) is 9.08. The van der Waals surface area contributed by atoms with Gasteiger partial charge in [-0.15, -0.1) is 0 Å². The van der Waals surface area contributed by atoms with Gasteiger partial charge in [0.1, 0.15) is 5.75 Å². The molecule has 10 heavy (non-hydrogen) atoms. The second-order valence-corrected chi connectivity index (χ2v) is 1.84. The number of nitrogens with one attached hydrogen (secondary N) is 1. The van der Waals surface area contributed by atoms with Gasteiger partial charge in [-0.2, -0.15) is 0 Å². The van der Waals surface area contributed by atoms with Crippen LogP contribution in [0, 0.1) is 0 Å². The molecule has 1 aromatic carbocycles. The zero-order chi connectivity index (χ0) is 7.40. The fourth-order valence-electron chi connectivity index (χ4n) is 0.693. The Balaban J connectivity index is 2.98. The van der Waals surface area contributed by atoms with E-state index in [0.717, 1.165) is 5.75 Å². The summed E-state index contributed by atoms with van der Waals surface area (Å²) in [7, 11) is 1.58. The lowest BCUT2D eigenvalue weighted by molar-refractivity contribution is -0.379. The highest BCUT2D eigenvalue weighted by Gasteiger charge is 1.93. The zero-order valence-corrected chi connectivity index (χ0v) is 5.66. The second kappa shape index (κ2) is 2.96. The van der Waals surface area contributed by atoms with Gasteiger partial charge < -0.3 is 10.3 Å². The summed E-state index contributed by atoms with van der Waals surface area (Å²) in [5, 5.41) is 2.02. The maximum Gasteiger partial charge on any atom is 0.196 e. The van der Waals surface area contributed by atoms with Crippen LogP contribution in [0.25, 0.3) is 5.53 Å². The Kier molecular flexibility index (Phi) is 1.99. The number of methoxy groups -OCH3 is 1. The number of hydrogen-bond acceptors (Lipinski definition) is 1. The molecule has 0 saturated heterocycles. The molecular weight excluding hydrogens is 128 g/mol.